The van der Waals surface area contributed by atoms with Crippen LogP contribution < -0.4 is 15.5 Å². The molecule has 3 aliphatic heterocycles. The number of nitrogens with zero attached hydrogens (tertiary/aromatic N) is 5. The maximum Gasteiger partial charge on any atom is 0.251 e. The molecule has 1 spiro atoms. The zero-order chi connectivity index (χ0) is 36.5. The molecule has 0 unspecified atom stereocenters. The van der Waals surface area contributed by atoms with Crippen molar-refractivity contribution in [1.29, 1.82) is 0 Å². The Bertz CT molecular complexity index is 2230. The number of pyridine rings is 1. The summed E-state index contributed by atoms with van der Waals surface area (Å²) in [5, 5.41) is 6.17. The van der Waals surface area contributed by atoms with Gasteiger partial charge in [0.1, 0.15) is 5.52 Å². The fraction of sp³-hybridized carbons (Fsp3) is 0.512. The van der Waals surface area contributed by atoms with E-state index in [1.165, 1.54) is 25.8 Å². The Morgan fingerprint density at radius 1 is 0.926 bits per heavy atom. The van der Waals surface area contributed by atoms with E-state index in [4.69, 9.17) is 4.98 Å². The van der Waals surface area contributed by atoms with Crippen molar-refractivity contribution < 1.29 is 14.4 Å². The topological polar surface area (TPSA) is 127 Å². The van der Waals surface area contributed by atoms with Crippen LogP contribution in [0.4, 0.5) is 17.2 Å². The molecule has 11 heteroatoms. The molecule has 8 aliphatic rings. The van der Waals surface area contributed by atoms with Gasteiger partial charge in [-0.3, -0.25) is 19.3 Å². The summed E-state index contributed by atoms with van der Waals surface area (Å²) in [4.78, 5) is 61.1. The van der Waals surface area contributed by atoms with Gasteiger partial charge in [0.25, 0.3) is 5.91 Å². The highest BCUT2D eigenvalue weighted by atomic mass is 16.2. The highest BCUT2D eigenvalue weighted by Crippen LogP contribution is 2.65. The molecule has 5 heterocycles. The summed E-state index contributed by atoms with van der Waals surface area (Å²) < 4.78 is 0. The average molecular weight is 725 g/mol. The molecule has 4 bridgehead atoms. The number of H-pyrrole nitrogens is 1. The zero-order valence-electron chi connectivity index (χ0n) is 31.2. The van der Waals surface area contributed by atoms with Gasteiger partial charge in [-0.2, -0.15) is 0 Å². The minimum absolute atomic E-state index is 0.0913. The van der Waals surface area contributed by atoms with Crippen LogP contribution in [0.15, 0.2) is 48.8 Å². The van der Waals surface area contributed by atoms with E-state index < -0.39 is 5.41 Å². The number of piperidine rings is 2. The first kappa shape index (κ1) is 32.6. The summed E-state index contributed by atoms with van der Waals surface area (Å²) >= 11 is 0. The Morgan fingerprint density at radius 2 is 1.74 bits per heavy atom. The predicted molar refractivity (Wildman–Crippen MR) is 207 cm³/mol. The van der Waals surface area contributed by atoms with E-state index in [2.05, 4.69) is 53.5 Å². The van der Waals surface area contributed by atoms with Crippen LogP contribution in [0, 0.1) is 24.2 Å². The smallest absolute Gasteiger partial charge is 0.251 e. The minimum Gasteiger partial charge on any atom is -0.355 e. The number of carbonyl (C=O) groups excluding carboxylic acids is 3. The van der Waals surface area contributed by atoms with Crippen LogP contribution in [0.2, 0.25) is 0 Å². The van der Waals surface area contributed by atoms with Crippen molar-refractivity contribution in [2.24, 2.45) is 17.3 Å². The van der Waals surface area contributed by atoms with Crippen LogP contribution >= 0.6 is 0 Å². The third-order valence-corrected chi connectivity index (χ3v) is 14.8. The number of imidazole rings is 1. The third-order valence-electron chi connectivity index (χ3n) is 14.8. The van der Waals surface area contributed by atoms with Crippen molar-refractivity contribution in [2.75, 3.05) is 36.9 Å². The number of hydrogen-bond acceptors (Lipinski definition) is 7. The number of aromatic amines is 1. The van der Waals surface area contributed by atoms with Gasteiger partial charge in [-0.25, -0.2) is 9.97 Å². The van der Waals surface area contributed by atoms with E-state index in [1.54, 1.807) is 13.4 Å². The molecule has 54 heavy (non-hydrogen) atoms. The Balaban J connectivity index is 0.929. The number of aryl methyl sites for hydroxylation is 1. The standard InChI is InChI=1S/C43H48N8O3/c1-24-3-6-28(15-32(24)39(52)44-2)47-38-37-35(45-23-46-37)18-34(48-38)27-5-8-33-36(14-27)51(31-16-30(17-31)50-22-25-4-7-29(50)13-25)41(54)43(33)9-11-49(12-10-43)40(53)42-19-26(20-42)21-42/h3,5-6,8,14-15,18,23,25-26,29-31H,4,7,9-13,16-17,19-22H2,1-2H3,(H,44,52)(H,45,46)(H,47,48)/t25-,26?,29+,30?,31?,42?/m0/s1. The number of anilines is 3. The molecule has 2 saturated heterocycles. The van der Waals surface area contributed by atoms with E-state index in [1.807, 2.05) is 31.2 Å². The highest BCUT2D eigenvalue weighted by Gasteiger charge is 2.63. The lowest BCUT2D eigenvalue weighted by Gasteiger charge is -2.61. The molecular weight excluding hydrogens is 677 g/mol. The van der Waals surface area contributed by atoms with E-state index in [-0.39, 0.29) is 23.3 Å². The molecule has 2 atom stereocenters. The second-order valence-corrected chi connectivity index (χ2v) is 17.7. The van der Waals surface area contributed by atoms with Crippen LogP contribution in [0.5, 0.6) is 0 Å². The first-order valence-electron chi connectivity index (χ1n) is 20.2. The average Bonchev–Trinajstić information content (AvgIpc) is 3.93. The van der Waals surface area contributed by atoms with Gasteiger partial charge in [-0.05, 0) is 118 Å². The van der Waals surface area contributed by atoms with Gasteiger partial charge in [0.2, 0.25) is 11.8 Å². The van der Waals surface area contributed by atoms with Gasteiger partial charge in [-0.1, -0.05) is 18.2 Å². The molecular formula is C43H48N8O3. The van der Waals surface area contributed by atoms with Crippen molar-refractivity contribution >= 4 is 45.9 Å². The molecule has 0 radical (unpaired) electrons. The lowest BCUT2D eigenvalue weighted by atomic mass is 9.44. The molecule has 12 rings (SSSR count). The SMILES string of the molecule is CNC(=O)c1cc(Nc2nc(-c3ccc4c(c3)N(C3CC(N5C[C@H]6CC[C@@H]5C6)C3)C(=O)C43CCN(C(=O)C45CC(C4)C5)CC3)cc3[nH]cnc23)ccc1C. The van der Waals surface area contributed by atoms with Crippen LogP contribution in [-0.4, -0.2) is 87.3 Å². The van der Waals surface area contributed by atoms with E-state index in [0.29, 0.717) is 54.8 Å². The van der Waals surface area contributed by atoms with Crippen molar-refractivity contribution in [3.05, 3.63) is 65.5 Å². The largest absolute Gasteiger partial charge is 0.355 e. The minimum atomic E-state index is -0.608. The van der Waals surface area contributed by atoms with E-state index >= 15 is 0 Å². The molecule has 278 valence electrons. The number of nitrogens with one attached hydrogen (secondary N) is 3. The van der Waals surface area contributed by atoms with E-state index in [9.17, 15) is 14.4 Å². The van der Waals surface area contributed by atoms with Crippen molar-refractivity contribution in [2.45, 2.75) is 94.7 Å². The molecule has 11 nitrogen and oxygen atoms in total. The van der Waals surface area contributed by atoms with Gasteiger partial charge in [-0.15, -0.1) is 0 Å². The fourth-order valence-electron chi connectivity index (χ4n) is 11.6. The zero-order valence-corrected chi connectivity index (χ0v) is 31.2. The maximum atomic E-state index is 15.0. The van der Waals surface area contributed by atoms with Gasteiger partial charge in [0.15, 0.2) is 5.82 Å². The number of amides is 3. The Labute approximate surface area is 315 Å². The van der Waals surface area contributed by atoms with Gasteiger partial charge in [0.05, 0.1) is 28.4 Å². The number of likely N-dealkylation sites (tertiary alicyclic amines) is 2. The van der Waals surface area contributed by atoms with Crippen LogP contribution in [0.25, 0.3) is 22.3 Å². The summed E-state index contributed by atoms with van der Waals surface area (Å²) in [6, 6.07) is 15.7. The van der Waals surface area contributed by atoms with Crippen molar-refractivity contribution in [3.8, 4) is 11.3 Å². The maximum absolute atomic E-state index is 15.0. The lowest BCUT2D eigenvalue weighted by Crippen LogP contribution is -2.63. The van der Waals surface area contributed by atoms with Gasteiger partial charge < -0.3 is 25.4 Å². The number of carbonyl (C=O) groups is 3. The molecule has 2 aromatic heterocycles. The Kier molecular flexibility index (Phi) is 7.02. The molecule has 3 amide bonds. The summed E-state index contributed by atoms with van der Waals surface area (Å²) in [6.45, 7) is 4.43. The molecule has 5 saturated carbocycles. The predicted octanol–water partition coefficient (Wildman–Crippen LogP) is 6.06. The third kappa shape index (κ3) is 4.66. The Morgan fingerprint density at radius 3 is 2.44 bits per heavy atom. The highest BCUT2D eigenvalue weighted by molar-refractivity contribution is 6.09. The fourth-order valence-corrected chi connectivity index (χ4v) is 11.6. The normalized spacial score (nSPS) is 30.3. The summed E-state index contributed by atoms with van der Waals surface area (Å²) in [5.74, 6) is 2.62. The second-order valence-electron chi connectivity index (χ2n) is 17.7. The van der Waals surface area contributed by atoms with Crippen LogP contribution in [0.3, 0.4) is 0 Å². The van der Waals surface area contributed by atoms with Crippen LogP contribution in [-0.2, 0) is 15.0 Å². The van der Waals surface area contributed by atoms with Gasteiger partial charge in [0, 0.05) is 67.3 Å². The van der Waals surface area contributed by atoms with Crippen molar-refractivity contribution in [3.63, 3.8) is 0 Å². The summed E-state index contributed by atoms with van der Waals surface area (Å²) in [6.07, 6.45) is 12.3. The molecule has 7 fully saturated rings. The number of aromatic nitrogens is 3. The monoisotopic (exact) mass is 724 g/mol. The first-order valence-corrected chi connectivity index (χ1v) is 20.2. The molecule has 2 aromatic carbocycles. The number of rotatable bonds is 7. The quantitative estimate of drug-likeness (QED) is 0.212. The second kappa shape index (κ2) is 11.6. The van der Waals surface area contributed by atoms with Crippen molar-refractivity contribution in [1.82, 2.24) is 30.1 Å². The number of benzene rings is 2. The number of fused-ring (bicyclic) bond motifs is 5. The van der Waals surface area contributed by atoms with Crippen LogP contribution in [0.1, 0.15) is 85.7 Å². The number of hydrogen-bond donors (Lipinski definition) is 3. The molecule has 5 aliphatic carbocycles. The lowest BCUT2D eigenvalue weighted by molar-refractivity contribution is -0.178. The van der Waals surface area contributed by atoms with E-state index in [0.717, 1.165) is 89.3 Å². The molecule has 4 aromatic rings. The molecule has 3 N–H and O–H groups in total. The Hall–Kier alpha value is -4.77. The summed E-state index contributed by atoms with van der Waals surface area (Å²) in [5.41, 5.74) is 6.89. The summed E-state index contributed by atoms with van der Waals surface area (Å²) in [7, 11) is 1.63. The van der Waals surface area contributed by atoms with Gasteiger partial charge >= 0.3 is 0 Å². The first-order chi connectivity index (χ1) is 26.2.